The highest BCUT2D eigenvalue weighted by Crippen LogP contribution is 2.28. The minimum absolute atomic E-state index is 0.441. The first-order chi connectivity index (χ1) is 11.9. The Morgan fingerprint density at radius 1 is 0.654 bits per heavy atom. The summed E-state index contributed by atoms with van der Waals surface area (Å²) >= 11 is 0. The van der Waals surface area contributed by atoms with E-state index in [0.29, 0.717) is 24.3 Å². The van der Waals surface area contributed by atoms with Crippen molar-refractivity contribution in [2.24, 2.45) is 0 Å². The molecule has 0 aliphatic rings. The van der Waals surface area contributed by atoms with Gasteiger partial charge >= 0.3 is 12.4 Å². The molecule has 0 heterocycles. The molecule has 0 radical (unpaired) electrons. The van der Waals surface area contributed by atoms with E-state index in [1.165, 1.54) is 0 Å². The van der Waals surface area contributed by atoms with Crippen molar-refractivity contribution in [2.75, 3.05) is 0 Å². The van der Waals surface area contributed by atoms with Gasteiger partial charge in [-0.15, -0.1) is 0 Å². The Labute approximate surface area is 139 Å². The van der Waals surface area contributed by atoms with Gasteiger partial charge in [-0.05, 0) is 12.1 Å². The summed E-state index contributed by atoms with van der Waals surface area (Å²) < 4.78 is 105. The van der Waals surface area contributed by atoms with E-state index in [1.54, 1.807) is 0 Å². The van der Waals surface area contributed by atoms with E-state index >= 15 is 0 Å². The topological polar surface area (TPSA) is 47.6 Å². The predicted octanol–water partition coefficient (Wildman–Crippen LogP) is 3.59. The van der Waals surface area contributed by atoms with Crippen LogP contribution in [0.25, 0.3) is 21.9 Å². The molecule has 0 saturated heterocycles. The van der Waals surface area contributed by atoms with Gasteiger partial charge in [0.05, 0.1) is 0 Å². The molecule has 2 rings (SSSR count). The molecule has 2 nitrogen and oxygen atoms in total. The van der Waals surface area contributed by atoms with Gasteiger partial charge in [0.15, 0.2) is 0 Å². The smallest absolute Gasteiger partial charge is 0.206 e. The van der Waals surface area contributed by atoms with Gasteiger partial charge in [0.25, 0.3) is 0 Å². The molecular weight excluding hydrogens is 372 g/mol. The van der Waals surface area contributed by atoms with Gasteiger partial charge in [-0.3, -0.25) is 0 Å². The summed E-state index contributed by atoms with van der Waals surface area (Å²) in [6.45, 7) is 0. The van der Waals surface area contributed by atoms with Crippen molar-refractivity contribution < 1.29 is 35.1 Å². The highest BCUT2D eigenvalue weighted by molar-refractivity contribution is 5.86. The van der Waals surface area contributed by atoms with E-state index < -0.39 is 56.3 Å². The van der Waals surface area contributed by atoms with Crippen LogP contribution in [0.3, 0.4) is 0 Å². The highest BCUT2D eigenvalue weighted by atomic mass is 19.4. The zero-order chi connectivity index (χ0) is 19.9. The van der Waals surface area contributed by atoms with Crippen LogP contribution >= 0.6 is 0 Å². The van der Waals surface area contributed by atoms with Crippen LogP contribution in [0.5, 0.6) is 0 Å². The zero-order valence-corrected chi connectivity index (χ0v) is 12.2. The number of benzene rings is 2. The first-order valence-electron chi connectivity index (χ1n) is 6.53. The maximum Gasteiger partial charge on any atom is 0.426 e. The summed E-state index contributed by atoms with van der Waals surface area (Å²) in [7, 11) is 0. The largest absolute Gasteiger partial charge is 0.426 e. The number of alkyl halides is 6. The average molecular weight is 376 g/mol. The second-order valence-corrected chi connectivity index (χ2v) is 4.92. The molecule has 0 spiro atoms. The van der Waals surface area contributed by atoms with Gasteiger partial charge in [-0.1, -0.05) is 12.1 Å². The molecule has 10 heteroatoms. The molecule has 2 aromatic rings. The fourth-order valence-corrected chi connectivity index (χ4v) is 2.27. The van der Waals surface area contributed by atoms with Crippen LogP contribution in [0.15, 0.2) is 24.3 Å². The summed E-state index contributed by atoms with van der Waals surface area (Å²) in [6.07, 6.45) is -10.4. The van der Waals surface area contributed by atoms with Gasteiger partial charge in [0.1, 0.15) is 34.9 Å². The molecule has 0 N–H and O–H groups in total. The average Bonchev–Trinajstić information content (AvgIpc) is 2.50. The van der Waals surface area contributed by atoms with Crippen LogP contribution in [0.2, 0.25) is 0 Å². The van der Waals surface area contributed by atoms with Crippen LogP contribution in [0.1, 0.15) is 0 Å². The summed E-state index contributed by atoms with van der Waals surface area (Å²) in [4.78, 5) is 0. The number of rotatable bonds is 0. The summed E-state index contributed by atoms with van der Waals surface area (Å²) in [5.74, 6) is -3.24. The van der Waals surface area contributed by atoms with Gasteiger partial charge in [-0.25, -0.2) is 8.78 Å². The standard InChI is InChI=1S/C16H4F8N2/c17-13-7-1-3-9(11(5-25)15(19,20)21)14(18)8(7)2-4-10(13)12(6-26)16(22,23)24/h1-4H. The van der Waals surface area contributed by atoms with Gasteiger partial charge < -0.3 is 0 Å². The number of nitriles is 2. The Morgan fingerprint density at radius 2 is 0.962 bits per heavy atom. The molecule has 0 aliphatic carbocycles. The first-order valence-corrected chi connectivity index (χ1v) is 6.53. The third-order valence-electron chi connectivity index (χ3n) is 3.40. The van der Waals surface area contributed by atoms with Crippen LogP contribution in [-0.4, -0.2) is 12.4 Å². The van der Waals surface area contributed by atoms with Gasteiger partial charge in [0.2, 0.25) is 0 Å². The van der Waals surface area contributed by atoms with Gasteiger partial charge in [-0.2, -0.15) is 36.9 Å². The number of nitrogens with zero attached hydrogens (tertiary/aromatic N) is 2. The number of fused-ring (bicyclic) bond motifs is 1. The Hall–Kier alpha value is -3.14. The molecule has 0 fully saturated rings. The molecule has 2 aromatic carbocycles. The summed E-state index contributed by atoms with van der Waals surface area (Å²) in [6, 6.07) is 3.70. The minimum atomic E-state index is -5.18. The lowest BCUT2D eigenvalue weighted by Crippen LogP contribution is -2.24. The zero-order valence-electron chi connectivity index (χ0n) is 12.2. The second-order valence-electron chi connectivity index (χ2n) is 4.92. The molecular formula is C16H4F8N2. The second kappa shape index (κ2) is 6.30. The lowest BCUT2D eigenvalue weighted by Gasteiger charge is -2.08. The maximum absolute atomic E-state index is 14.3. The van der Waals surface area contributed by atoms with Crippen molar-refractivity contribution in [3.63, 3.8) is 0 Å². The SMILES string of the molecule is N#CC(=c1ccc2c(F)c(=C(C#N)C(F)(F)F)ccc2c1F)C(F)(F)F. The van der Waals surface area contributed by atoms with E-state index in [4.69, 9.17) is 10.5 Å². The molecule has 0 aliphatic heterocycles. The fraction of sp³-hybridized carbons (Fsp3) is 0.125. The molecule has 0 atom stereocenters. The fourth-order valence-electron chi connectivity index (χ4n) is 2.27. The minimum Gasteiger partial charge on any atom is -0.206 e. The molecule has 0 unspecified atom stereocenters. The van der Waals surface area contributed by atoms with Crippen molar-refractivity contribution in [3.05, 3.63) is 46.3 Å². The third kappa shape index (κ3) is 3.18. The van der Waals surface area contributed by atoms with E-state index in [2.05, 4.69) is 0 Å². The Morgan fingerprint density at radius 3 is 1.19 bits per heavy atom. The summed E-state index contributed by atoms with van der Waals surface area (Å²) in [5, 5.41) is 13.3. The molecule has 134 valence electrons. The van der Waals surface area contributed by atoms with Crippen LogP contribution in [0, 0.1) is 34.3 Å². The normalized spacial score (nSPS) is 14.5. The Kier molecular flexibility index (Phi) is 4.65. The van der Waals surface area contributed by atoms with E-state index in [1.807, 2.05) is 0 Å². The molecule has 0 saturated carbocycles. The quantitative estimate of drug-likeness (QED) is 0.660. The van der Waals surface area contributed by atoms with Crippen molar-refractivity contribution in [3.8, 4) is 12.1 Å². The monoisotopic (exact) mass is 376 g/mol. The lowest BCUT2D eigenvalue weighted by atomic mass is 10.0. The van der Waals surface area contributed by atoms with E-state index in [9.17, 15) is 35.1 Å². The van der Waals surface area contributed by atoms with Crippen molar-refractivity contribution >= 4 is 21.9 Å². The van der Waals surface area contributed by atoms with E-state index in [0.717, 1.165) is 12.1 Å². The van der Waals surface area contributed by atoms with Crippen molar-refractivity contribution in [1.82, 2.24) is 0 Å². The Bertz CT molecular complexity index is 1010. The molecule has 0 bridgehead atoms. The third-order valence-corrected chi connectivity index (χ3v) is 3.40. The van der Waals surface area contributed by atoms with Crippen LogP contribution in [-0.2, 0) is 0 Å². The first kappa shape index (κ1) is 19.2. The van der Waals surface area contributed by atoms with Crippen molar-refractivity contribution in [2.45, 2.75) is 12.4 Å². The van der Waals surface area contributed by atoms with Gasteiger partial charge in [0, 0.05) is 21.2 Å². The molecule has 0 aromatic heterocycles. The number of hydrogen-bond donors (Lipinski definition) is 0. The molecule has 26 heavy (non-hydrogen) atoms. The number of halogens is 8. The predicted molar refractivity (Wildman–Crippen MR) is 73.3 cm³/mol. The van der Waals surface area contributed by atoms with Crippen molar-refractivity contribution in [1.29, 1.82) is 10.5 Å². The van der Waals surface area contributed by atoms with Crippen LogP contribution < -0.4 is 10.4 Å². The molecule has 0 amide bonds. The maximum atomic E-state index is 14.3. The lowest BCUT2D eigenvalue weighted by molar-refractivity contribution is -0.0694. The number of hydrogen-bond acceptors (Lipinski definition) is 2. The highest BCUT2D eigenvalue weighted by Gasteiger charge is 2.36. The summed E-state index contributed by atoms with van der Waals surface area (Å²) in [5.41, 5.74) is -3.75. The van der Waals surface area contributed by atoms with E-state index in [-0.39, 0.29) is 0 Å². The Balaban J connectivity index is 3.03. The van der Waals surface area contributed by atoms with Crippen LogP contribution in [0.4, 0.5) is 35.1 Å².